The van der Waals surface area contributed by atoms with Crippen LogP contribution in [0, 0.1) is 0 Å². The summed E-state index contributed by atoms with van der Waals surface area (Å²) in [5, 5.41) is 0.862. The fourth-order valence-electron chi connectivity index (χ4n) is 3.29. The minimum absolute atomic E-state index is 0.0417. The zero-order valence-corrected chi connectivity index (χ0v) is 19.8. The van der Waals surface area contributed by atoms with Crippen LogP contribution in [0.25, 0.3) is 0 Å². The second kappa shape index (κ2) is 7.61. The first-order chi connectivity index (χ1) is 13.3. The molecule has 1 amide bonds. The third kappa shape index (κ3) is 4.79. The van der Waals surface area contributed by atoms with Crippen molar-refractivity contribution >= 4 is 36.3 Å². The Morgan fingerprint density at radius 2 is 1.76 bits per heavy atom. The lowest BCUT2D eigenvalue weighted by Crippen LogP contribution is -2.61. The van der Waals surface area contributed by atoms with E-state index in [1.165, 1.54) is 0 Å². The summed E-state index contributed by atoms with van der Waals surface area (Å²) in [6, 6.07) is 3.84. The molecular formula is C20H32B2NO5P. The molecule has 1 saturated heterocycles. The van der Waals surface area contributed by atoms with Crippen LogP contribution < -0.4 is 19.5 Å². The Morgan fingerprint density at radius 1 is 1.17 bits per heavy atom. The topological polar surface area (TPSA) is 57.2 Å². The third-order valence-electron chi connectivity index (χ3n) is 5.68. The Bertz CT molecular complexity index is 786. The molecule has 0 radical (unpaired) electrons. The van der Waals surface area contributed by atoms with E-state index in [9.17, 15) is 4.79 Å². The van der Waals surface area contributed by atoms with Crippen molar-refractivity contribution in [1.29, 1.82) is 0 Å². The summed E-state index contributed by atoms with van der Waals surface area (Å²) in [6.45, 7) is 10.9. The van der Waals surface area contributed by atoms with Crippen molar-refractivity contribution in [2.75, 3.05) is 13.1 Å². The molecule has 1 aromatic carbocycles. The zero-order valence-electron chi connectivity index (χ0n) is 18.6. The highest BCUT2D eigenvalue weighted by molar-refractivity contribution is 7.28. The first-order valence-corrected chi connectivity index (χ1v) is 10.8. The number of hydrogen-bond acceptors (Lipinski definition) is 5. The normalized spacial score (nSPS) is 27.4. The maximum atomic E-state index is 12.2. The predicted octanol–water partition coefficient (Wildman–Crippen LogP) is 1.44. The van der Waals surface area contributed by atoms with Gasteiger partial charge < -0.3 is 23.8 Å². The maximum Gasteiger partial charge on any atom is 0.410 e. The standard InChI is InChI=1S/C20H32B2NO5P/c1-18(2,3)28-17(24)23-10-8-12(9-11-23)25-14-7-6-13-15(16(14)29)27-20(5,22)19(4,21)26-13/h6-7,12H,8-11,21-22,29H2,1-5H3. The van der Waals surface area contributed by atoms with Gasteiger partial charge in [0.15, 0.2) is 27.2 Å². The monoisotopic (exact) mass is 419 g/mol. The van der Waals surface area contributed by atoms with E-state index in [4.69, 9.17) is 18.9 Å². The van der Waals surface area contributed by atoms with E-state index in [-0.39, 0.29) is 12.2 Å². The van der Waals surface area contributed by atoms with Crippen molar-refractivity contribution in [1.82, 2.24) is 4.90 Å². The molecule has 2 aliphatic heterocycles. The fourth-order valence-corrected chi connectivity index (χ4v) is 3.65. The van der Waals surface area contributed by atoms with E-state index < -0.39 is 16.6 Å². The quantitative estimate of drug-likeness (QED) is 0.537. The lowest BCUT2D eigenvalue weighted by atomic mass is 9.60. The SMILES string of the molecule is BC1(C)Oc2ccc(OC3CCN(C(=O)OC(C)(C)C)CC3)c(P)c2OC1(B)C. The van der Waals surface area contributed by atoms with Gasteiger partial charge in [-0.3, -0.25) is 0 Å². The summed E-state index contributed by atoms with van der Waals surface area (Å²) >= 11 is 0. The van der Waals surface area contributed by atoms with E-state index in [1.54, 1.807) is 4.90 Å². The van der Waals surface area contributed by atoms with Gasteiger partial charge in [0, 0.05) is 25.9 Å². The number of fused-ring (bicyclic) bond motifs is 1. The van der Waals surface area contributed by atoms with Gasteiger partial charge in [-0.25, -0.2) is 4.79 Å². The van der Waals surface area contributed by atoms with Gasteiger partial charge in [0.2, 0.25) is 0 Å². The van der Waals surface area contributed by atoms with E-state index in [1.807, 2.05) is 62.4 Å². The molecule has 158 valence electrons. The molecule has 3 atom stereocenters. The number of piperidine rings is 1. The molecule has 29 heavy (non-hydrogen) atoms. The van der Waals surface area contributed by atoms with E-state index in [2.05, 4.69) is 9.24 Å². The molecule has 3 rings (SSSR count). The molecule has 0 aliphatic carbocycles. The Hall–Kier alpha value is -1.55. The lowest BCUT2D eigenvalue weighted by Gasteiger charge is -2.47. The van der Waals surface area contributed by atoms with Crippen LogP contribution in [-0.4, -0.2) is 62.5 Å². The van der Waals surface area contributed by atoms with Gasteiger partial charge in [-0.2, -0.15) is 0 Å². The largest absolute Gasteiger partial charge is 0.490 e. The Balaban J connectivity index is 1.65. The van der Waals surface area contributed by atoms with Crippen LogP contribution in [-0.2, 0) is 4.74 Å². The van der Waals surface area contributed by atoms with Gasteiger partial charge in [0.25, 0.3) is 0 Å². The van der Waals surface area contributed by atoms with Crippen LogP contribution in [0.1, 0.15) is 47.5 Å². The molecular weight excluding hydrogens is 387 g/mol. The molecule has 0 saturated carbocycles. The van der Waals surface area contributed by atoms with Gasteiger partial charge in [-0.1, -0.05) is 9.24 Å². The highest BCUT2D eigenvalue weighted by Crippen LogP contribution is 2.42. The van der Waals surface area contributed by atoms with Gasteiger partial charge in [-0.15, -0.1) is 0 Å². The van der Waals surface area contributed by atoms with Crippen LogP contribution in [0.4, 0.5) is 4.79 Å². The van der Waals surface area contributed by atoms with Crippen molar-refractivity contribution in [2.24, 2.45) is 0 Å². The highest BCUT2D eigenvalue weighted by atomic mass is 31.0. The summed E-state index contributed by atoms with van der Waals surface area (Å²) in [5.41, 5.74) is -1.39. The van der Waals surface area contributed by atoms with Gasteiger partial charge in [0.1, 0.15) is 28.5 Å². The molecule has 0 bridgehead atoms. The van der Waals surface area contributed by atoms with E-state index in [0.717, 1.165) is 29.6 Å². The van der Waals surface area contributed by atoms with E-state index >= 15 is 0 Å². The van der Waals surface area contributed by atoms with Crippen molar-refractivity contribution in [3.8, 4) is 17.2 Å². The second-order valence-electron chi connectivity index (χ2n) is 9.81. The number of nitrogens with zero attached hydrogens (tertiary/aromatic N) is 1. The molecule has 9 heteroatoms. The second-order valence-corrected chi connectivity index (χ2v) is 10.4. The number of likely N-dealkylation sites (tertiary alicyclic amines) is 1. The summed E-state index contributed by atoms with van der Waals surface area (Å²) in [7, 11) is 6.79. The maximum absolute atomic E-state index is 12.2. The van der Waals surface area contributed by atoms with Crippen LogP contribution >= 0.6 is 9.24 Å². The average Bonchev–Trinajstić information content (AvgIpc) is 2.58. The molecule has 0 spiro atoms. The number of ether oxygens (including phenoxy) is 4. The molecule has 6 nitrogen and oxygen atoms in total. The summed E-state index contributed by atoms with van der Waals surface area (Å²) in [6.07, 6.45) is 1.30. The highest BCUT2D eigenvalue weighted by Gasteiger charge is 2.45. The number of hydrogen-bond donors (Lipinski definition) is 0. The molecule has 0 N–H and O–H groups in total. The van der Waals surface area contributed by atoms with Crippen molar-refractivity contribution in [3.63, 3.8) is 0 Å². The zero-order chi connectivity index (χ0) is 21.6. The minimum Gasteiger partial charge on any atom is -0.490 e. The molecule has 3 unspecified atom stereocenters. The summed E-state index contributed by atoms with van der Waals surface area (Å²) in [5.74, 6) is 2.21. The van der Waals surface area contributed by atoms with Crippen molar-refractivity contribution < 1.29 is 23.7 Å². The number of benzene rings is 1. The minimum atomic E-state index is -0.480. The molecule has 2 aliphatic rings. The van der Waals surface area contributed by atoms with Gasteiger partial charge >= 0.3 is 6.09 Å². The van der Waals surface area contributed by atoms with Crippen LogP contribution in [0.15, 0.2) is 12.1 Å². The van der Waals surface area contributed by atoms with E-state index in [0.29, 0.717) is 18.8 Å². The molecule has 2 heterocycles. The Labute approximate surface area is 178 Å². The average molecular weight is 419 g/mol. The van der Waals surface area contributed by atoms with Gasteiger partial charge in [0.05, 0.1) is 5.30 Å². The van der Waals surface area contributed by atoms with Crippen LogP contribution in [0.5, 0.6) is 17.2 Å². The number of carbonyl (C=O) groups is 1. The number of carbonyl (C=O) groups excluding carboxylic acids is 1. The first-order valence-electron chi connectivity index (χ1n) is 10.2. The Morgan fingerprint density at radius 3 is 2.34 bits per heavy atom. The fraction of sp³-hybridized carbons (Fsp3) is 0.650. The summed E-state index contributed by atoms with van der Waals surface area (Å²) < 4.78 is 24.2. The smallest absolute Gasteiger partial charge is 0.410 e. The van der Waals surface area contributed by atoms with Gasteiger partial charge in [-0.05, 0) is 46.8 Å². The van der Waals surface area contributed by atoms with Crippen molar-refractivity contribution in [2.45, 2.75) is 70.2 Å². The predicted molar refractivity (Wildman–Crippen MR) is 122 cm³/mol. The van der Waals surface area contributed by atoms with Crippen LogP contribution in [0.3, 0.4) is 0 Å². The number of rotatable bonds is 2. The molecule has 0 aromatic heterocycles. The molecule has 1 fully saturated rings. The Kier molecular flexibility index (Phi) is 5.81. The van der Waals surface area contributed by atoms with Crippen LogP contribution in [0.2, 0.25) is 0 Å². The molecule has 1 aromatic rings. The van der Waals surface area contributed by atoms with Crippen molar-refractivity contribution in [3.05, 3.63) is 12.1 Å². The first kappa shape index (κ1) is 22.1. The third-order valence-corrected chi connectivity index (χ3v) is 6.23. The number of amides is 1. The summed E-state index contributed by atoms with van der Waals surface area (Å²) in [4.78, 5) is 14.0. The lowest BCUT2D eigenvalue weighted by molar-refractivity contribution is -0.0164.